The largest absolute Gasteiger partial charge is 1.00 e. The van der Waals surface area contributed by atoms with Gasteiger partial charge in [-0.15, -0.1) is 11.8 Å². The van der Waals surface area contributed by atoms with Gasteiger partial charge in [-0.3, -0.25) is 9.59 Å². The van der Waals surface area contributed by atoms with Crippen molar-refractivity contribution in [1.82, 2.24) is 25.1 Å². The van der Waals surface area contributed by atoms with Gasteiger partial charge in [-0.2, -0.15) is 0 Å². The fourth-order valence-electron chi connectivity index (χ4n) is 3.98. The zero-order valence-electron chi connectivity index (χ0n) is 18.1. The van der Waals surface area contributed by atoms with Crippen LogP contribution in [0.3, 0.4) is 0 Å². The van der Waals surface area contributed by atoms with Crippen molar-refractivity contribution in [3.8, 4) is 0 Å². The SMILES string of the molecule is CC1(C)S[C@@H]2[C@H](NC(=O)[C@H](NC(=O)n3cc[nH]c3=O)c3ccccc3)C(=O)N2[C@H]1C(=O)[O-].[Na+]. The van der Waals surface area contributed by atoms with Crippen LogP contribution in [0.1, 0.15) is 25.5 Å². The van der Waals surface area contributed by atoms with Crippen LogP contribution >= 0.6 is 11.8 Å². The third-order valence-corrected chi connectivity index (χ3v) is 7.06. The first-order chi connectivity index (χ1) is 15.1. The fraction of sp³-hybridized carbons (Fsp3) is 0.350. The molecular formula is C20H20N5NaO6S. The fourth-order valence-corrected chi connectivity index (χ4v) is 5.60. The second kappa shape index (κ2) is 9.37. The molecule has 0 bridgehead atoms. The number of imidazole rings is 1. The van der Waals surface area contributed by atoms with Gasteiger partial charge in [0.1, 0.15) is 17.5 Å². The van der Waals surface area contributed by atoms with E-state index in [9.17, 15) is 29.1 Å². The minimum atomic E-state index is -1.35. The molecule has 3 amide bonds. The van der Waals surface area contributed by atoms with Gasteiger partial charge in [-0.05, 0) is 19.4 Å². The number of nitrogens with one attached hydrogen (secondary N) is 3. The number of aromatic nitrogens is 2. The van der Waals surface area contributed by atoms with Crippen molar-refractivity contribution >= 4 is 35.6 Å². The number of rotatable bonds is 5. The van der Waals surface area contributed by atoms with E-state index in [0.717, 1.165) is 4.57 Å². The van der Waals surface area contributed by atoms with Crippen LogP contribution in [-0.2, 0) is 14.4 Å². The first-order valence-corrected chi connectivity index (χ1v) is 10.6. The Kier molecular flexibility index (Phi) is 7.13. The second-order valence-electron chi connectivity index (χ2n) is 7.99. The average Bonchev–Trinajstić information content (AvgIpc) is 3.29. The van der Waals surface area contributed by atoms with Crippen LogP contribution in [-0.4, -0.2) is 60.5 Å². The van der Waals surface area contributed by atoms with Gasteiger partial charge in [0.15, 0.2) is 0 Å². The van der Waals surface area contributed by atoms with Crippen molar-refractivity contribution in [2.24, 2.45) is 0 Å². The number of hydrogen-bond acceptors (Lipinski definition) is 7. The molecule has 2 aliphatic rings. The van der Waals surface area contributed by atoms with Gasteiger partial charge in [0.2, 0.25) is 11.8 Å². The molecule has 2 saturated heterocycles. The van der Waals surface area contributed by atoms with Gasteiger partial charge in [0.05, 0.1) is 12.0 Å². The number of fused-ring (bicyclic) bond motifs is 1. The van der Waals surface area contributed by atoms with Gasteiger partial charge in [0, 0.05) is 17.1 Å². The number of H-pyrrole nitrogens is 1. The average molecular weight is 481 g/mol. The summed E-state index contributed by atoms with van der Waals surface area (Å²) in [5.41, 5.74) is -0.227. The number of aromatic amines is 1. The van der Waals surface area contributed by atoms with Crippen LogP contribution in [0, 0.1) is 0 Å². The quantitative estimate of drug-likeness (QED) is 0.289. The van der Waals surface area contributed by atoms with E-state index < -0.39 is 57.8 Å². The molecule has 1 aromatic heterocycles. The number of nitrogens with zero attached hydrogens (tertiary/aromatic N) is 2. The first kappa shape index (κ1) is 25.1. The molecule has 0 spiro atoms. The van der Waals surface area contributed by atoms with Crippen molar-refractivity contribution < 1.29 is 53.8 Å². The van der Waals surface area contributed by atoms with E-state index >= 15 is 0 Å². The van der Waals surface area contributed by atoms with Crippen molar-refractivity contribution in [3.05, 3.63) is 58.8 Å². The Morgan fingerprint density at radius 3 is 2.42 bits per heavy atom. The van der Waals surface area contributed by atoms with Crippen LogP contribution < -0.4 is 51.0 Å². The number of carbonyl (C=O) groups excluding carboxylic acids is 4. The van der Waals surface area contributed by atoms with Gasteiger partial charge in [-0.25, -0.2) is 14.2 Å². The Morgan fingerprint density at radius 2 is 1.85 bits per heavy atom. The molecule has 13 heteroatoms. The van der Waals surface area contributed by atoms with Gasteiger partial charge >= 0.3 is 41.3 Å². The first-order valence-electron chi connectivity index (χ1n) is 9.75. The predicted octanol–water partition coefficient (Wildman–Crippen LogP) is -4.22. The molecule has 0 aliphatic carbocycles. The summed E-state index contributed by atoms with van der Waals surface area (Å²) >= 11 is 1.26. The molecular weight excluding hydrogens is 461 g/mol. The van der Waals surface area contributed by atoms with Crippen LogP contribution in [0.25, 0.3) is 0 Å². The zero-order chi connectivity index (χ0) is 23.2. The standard InChI is InChI=1S/C20H21N5O6S.Na/c1-20(2)13(17(28)29)25-15(27)12(16(25)32-20)22-14(26)11(10-6-4-3-5-7-10)23-19(31)24-9-8-21-18(24)30;/h3-9,11-13,16H,1-2H3,(H,21,30)(H,22,26)(H,23,31)(H,28,29);/q;+1/p-1/t11-,12-,13+,16-;/m1./s1. The third kappa shape index (κ3) is 4.47. The molecule has 4 atom stereocenters. The minimum Gasteiger partial charge on any atom is -0.548 e. The van der Waals surface area contributed by atoms with E-state index in [4.69, 9.17) is 0 Å². The Morgan fingerprint density at radius 1 is 1.18 bits per heavy atom. The number of β-lactam (4-membered cyclic amide) rings is 1. The summed E-state index contributed by atoms with van der Waals surface area (Å²) in [6.07, 6.45) is 2.51. The molecule has 0 saturated carbocycles. The molecule has 0 unspecified atom stereocenters. The predicted molar refractivity (Wildman–Crippen MR) is 111 cm³/mol. The molecule has 168 valence electrons. The molecule has 11 nitrogen and oxygen atoms in total. The monoisotopic (exact) mass is 481 g/mol. The zero-order valence-corrected chi connectivity index (χ0v) is 20.9. The van der Waals surface area contributed by atoms with Crippen LogP contribution in [0.4, 0.5) is 4.79 Å². The number of hydrogen-bond donors (Lipinski definition) is 3. The molecule has 2 fully saturated rings. The van der Waals surface area contributed by atoms with Crippen molar-refractivity contribution in [2.75, 3.05) is 0 Å². The maximum atomic E-state index is 13.1. The molecule has 4 rings (SSSR count). The van der Waals surface area contributed by atoms with Crippen LogP contribution in [0.15, 0.2) is 47.5 Å². The maximum absolute atomic E-state index is 13.1. The molecule has 3 N–H and O–H groups in total. The Hall–Kier alpha value is -2.54. The van der Waals surface area contributed by atoms with Crippen LogP contribution in [0.2, 0.25) is 0 Å². The summed E-state index contributed by atoms with van der Waals surface area (Å²) in [6, 6.07) is 4.27. The van der Waals surface area contributed by atoms with Gasteiger partial charge in [-0.1, -0.05) is 30.3 Å². The summed E-state index contributed by atoms with van der Waals surface area (Å²) < 4.78 is -0.0135. The van der Waals surface area contributed by atoms with Crippen LogP contribution in [0.5, 0.6) is 0 Å². The topological polar surface area (TPSA) is 156 Å². The number of carbonyl (C=O) groups is 4. The summed E-state index contributed by atoms with van der Waals surface area (Å²) in [6.45, 7) is 3.40. The van der Waals surface area contributed by atoms with E-state index in [1.807, 2.05) is 0 Å². The number of amides is 3. The molecule has 3 heterocycles. The molecule has 2 aliphatic heterocycles. The summed E-state index contributed by atoms with van der Waals surface area (Å²) in [5.74, 6) is -2.55. The number of carboxylic acid groups (broad SMARTS) is 1. The van der Waals surface area contributed by atoms with Crippen molar-refractivity contribution in [3.63, 3.8) is 0 Å². The number of aliphatic carboxylic acids is 1. The second-order valence-corrected chi connectivity index (χ2v) is 9.76. The Labute approximate surface area is 214 Å². The normalized spacial score (nSPS) is 23.5. The van der Waals surface area contributed by atoms with E-state index in [1.165, 1.54) is 29.1 Å². The summed E-state index contributed by atoms with van der Waals surface area (Å²) in [7, 11) is 0. The molecule has 0 radical (unpaired) electrons. The van der Waals surface area contributed by atoms with E-state index in [0.29, 0.717) is 5.56 Å². The van der Waals surface area contributed by atoms with Crippen molar-refractivity contribution in [2.45, 2.75) is 42.1 Å². The summed E-state index contributed by atoms with van der Waals surface area (Å²) in [4.78, 5) is 65.1. The third-order valence-electron chi connectivity index (χ3n) is 5.49. The maximum Gasteiger partial charge on any atom is 1.00 e. The van der Waals surface area contributed by atoms with Crippen molar-refractivity contribution in [1.29, 1.82) is 0 Å². The van der Waals surface area contributed by atoms with Gasteiger partial charge in [0.25, 0.3) is 0 Å². The molecule has 1 aromatic carbocycles. The smallest absolute Gasteiger partial charge is 0.548 e. The summed E-state index contributed by atoms with van der Waals surface area (Å²) in [5, 5.41) is 16.1. The Balaban J connectivity index is 0.00000306. The minimum absolute atomic E-state index is 0. The van der Waals surface area contributed by atoms with E-state index in [2.05, 4.69) is 15.6 Å². The molecule has 2 aromatic rings. The number of thioether (sulfide) groups is 1. The van der Waals surface area contributed by atoms with E-state index in [-0.39, 0.29) is 29.6 Å². The Bertz CT molecular complexity index is 1150. The number of carboxylic acids is 1. The van der Waals surface area contributed by atoms with Gasteiger partial charge < -0.3 is 30.4 Å². The number of benzene rings is 1. The van der Waals surface area contributed by atoms with E-state index in [1.54, 1.807) is 44.2 Å². The molecule has 33 heavy (non-hydrogen) atoms.